The van der Waals surface area contributed by atoms with Gasteiger partial charge in [-0.3, -0.25) is 19.5 Å². The van der Waals surface area contributed by atoms with Crippen molar-refractivity contribution in [2.75, 3.05) is 0 Å². The van der Waals surface area contributed by atoms with Crippen molar-refractivity contribution in [2.45, 2.75) is 25.7 Å². The third-order valence-corrected chi connectivity index (χ3v) is 6.74. The Morgan fingerprint density at radius 2 is 1.74 bits per heavy atom. The van der Waals surface area contributed by atoms with Gasteiger partial charge in [-0.1, -0.05) is 24.3 Å². The van der Waals surface area contributed by atoms with Crippen LogP contribution in [-0.2, 0) is 12.8 Å². The van der Waals surface area contributed by atoms with Crippen LogP contribution in [-0.4, -0.2) is 14.5 Å². The van der Waals surface area contributed by atoms with Crippen molar-refractivity contribution in [3.8, 4) is 5.69 Å². The molecule has 0 aliphatic heterocycles. The van der Waals surface area contributed by atoms with Gasteiger partial charge >= 0.3 is 0 Å². The molecule has 0 N–H and O–H groups in total. The van der Waals surface area contributed by atoms with Gasteiger partial charge < -0.3 is 0 Å². The van der Waals surface area contributed by atoms with Crippen LogP contribution >= 0.6 is 11.3 Å². The van der Waals surface area contributed by atoms with E-state index >= 15 is 0 Å². The molecule has 6 nitrogen and oxygen atoms in total. The fourth-order valence-electron chi connectivity index (χ4n) is 4.04. The molecule has 2 heterocycles. The number of aryl methyl sites for hydroxylation is 2. The molecule has 0 unspecified atom stereocenters. The topological polar surface area (TPSA) is 78.0 Å². The van der Waals surface area contributed by atoms with E-state index in [0.29, 0.717) is 5.82 Å². The summed E-state index contributed by atoms with van der Waals surface area (Å²) in [6.07, 6.45) is 7.82. The molecule has 0 spiro atoms. The summed E-state index contributed by atoms with van der Waals surface area (Å²) in [5, 5.41) is 11.6. The van der Waals surface area contributed by atoms with Crippen LogP contribution in [0.2, 0.25) is 0 Å². The first-order valence-corrected chi connectivity index (χ1v) is 11.0. The van der Waals surface area contributed by atoms with Crippen LogP contribution < -0.4 is 5.56 Å². The standard InChI is InChI=1S/C24H19N3O3S/c28-24-22-19-8-4-5-9-20(19)31-23(22)25-21(26(24)17-6-2-1-3-7-17)15-12-16-10-13-18(14-11-16)27(29)30/h1-3,6-7,10-15H,4-5,8-9H2/b15-12+. The fourth-order valence-corrected chi connectivity index (χ4v) is 5.30. The van der Waals surface area contributed by atoms with Crippen LogP contribution in [0.1, 0.15) is 34.7 Å². The zero-order chi connectivity index (χ0) is 21.4. The zero-order valence-corrected chi connectivity index (χ0v) is 17.5. The minimum Gasteiger partial charge on any atom is -0.268 e. The number of thiophene rings is 1. The van der Waals surface area contributed by atoms with Crippen LogP contribution in [0.5, 0.6) is 0 Å². The van der Waals surface area contributed by atoms with Crippen molar-refractivity contribution < 1.29 is 4.92 Å². The number of rotatable bonds is 4. The van der Waals surface area contributed by atoms with Crippen LogP contribution in [0.25, 0.3) is 28.1 Å². The molecule has 0 amide bonds. The second kappa shape index (κ2) is 7.92. The Morgan fingerprint density at radius 3 is 2.48 bits per heavy atom. The maximum absolute atomic E-state index is 13.6. The summed E-state index contributed by atoms with van der Waals surface area (Å²) in [5.41, 5.74) is 2.73. The first-order chi connectivity index (χ1) is 15.1. The monoisotopic (exact) mass is 429 g/mol. The fraction of sp³-hybridized carbons (Fsp3) is 0.167. The SMILES string of the molecule is O=c1c2c3c(sc2nc(/C=C/c2ccc([N+](=O)[O-])cc2)n1-c1ccccc1)CCCC3. The van der Waals surface area contributed by atoms with E-state index in [1.54, 1.807) is 34.1 Å². The van der Waals surface area contributed by atoms with E-state index in [4.69, 9.17) is 4.98 Å². The minimum absolute atomic E-state index is 0.0426. The van der Waals surface area contributed by atoms with Gasteiger partial charge in [0.05, 0.1) is 16.0 Å². The molecule has 0 bridgehead atoms. The number of aromatic nitrogens is 2. The smallest absolute Gasteiger partial charge is 0.268 e. The number of hydrogen-bond acceptors (Lipinski definition) is 5. The zero-order valence-electron chi connectivity index (χ0n) is 16.7. The highest BCUT2D eigenvalue weighted by molar-refractivity contribution is 7.18. The molecule has 7 heteroatoms. The minimum atomic E-state index is -0.422. The van der Waals surface area contributed by atoms with E-state index in [1.165, 1.54) is 22.6 Å². The number of nitro groups is 1. The van der Waals surface area contributed by atoms with Gasteiger partial charge in [-0.2, -0.15) is 0 Å². The second-order valence-corrected chi connectivity index (χ2v) is 8.60. The number of hydrogen-bond donors (Lipinski definition) is 0. The van der Waals surface area contributed by atoms with Gasteiger partial charge in [0, 0.05) is 17.0 Å². The maximum atomic E-state index is 13.6. The molecule has 1 aliphatic rings. The lowest BCUT2D eigenvalue weighted by atomic mass is 9.97. The Bertz CT molecular complexity index is 1370. The molecular weight excluding hydrogens is 410 g/mol. The molecule has 2 aromatic carbocycles. The van der Waals surface area contributed by atoms with E-state index in [9.17, 15) is 14.9 Å². The Morgan fingerprint density at radius 1 is 1.00 bits per heavy atom. The van der Waals surface area contributed by atoms with E-state index in [1.807, 2.05) is 36.4 Å². The molecule has 0 fully saturated rings. The molecule has 2 aromatic heterocycles. The summed E-state index contributed by atoms with van der Waals surface area (Å²) in [6.45, 7) is 0. The summed E-state index contributed by atoms with van der Waals surface area (Å²) in [5.74, 6) is 0.542. The third-order valence-electron chi connectivity index (χ3n) is 5.56. The molecule has 0 saturated heterocycles. The van der Waals surface area contributed by atoms with Gasteiger partial charge in [-0.25, -0.2) is 4.98 Å². The normalized spacial score (nSPS) is 13.5. The first kappa shape index (κ1) is 19.4. The Balaban J connectivity index is 1.67. The van der Waals surface area contributed by atoms with Crippen LogP contribution in [0, 0.1) is 10.1 Å². The molecule has 0 atom stereocenters. The van der Waals surface area contributed by atoms with Crippen LogP contribution in [0.3, 0.4) is 0 Å². The lowest BCUT2D eigenvalue weighted by molar-refractivity contribution is -0.384. The summed E-state index contributed by atoms with van der Waals surface area (Å²) in [4.78, 5) is 31.0. The lowest BCUT2D eigenvalue weighted by Crippen LogP contribution is -2.22. The van der Waals surface area contributed by atoms with Crippen molar-refractivity contribution in [3.63, 3.8) is 0 Å². The number of non-ortho nitro benzene ring substituents is 1. The highest BCUT2D eigenvalue weighted by Gasteiger charge is 2.22. The molecular formula is C24H19N3O3S. The van der Waals surface area contributed by atoms with Crippen molar-refractivity contribution in [2.24, 2.45) is 0 Å². The number of nitrogens with zero attached hydrogens (tertiary/aromatic N) is 3. The highest BCUT2D eigenvalue weighted by Crippen LogP contribution is 2.34. The van der Waals surface area contributed by atoms with Crippen molar-refractivity contribution in [3.05, 3.63) is 96.9 Å². The van der Waals surface area contributed by atoms with Gasteiger partial charge in [0.15, 0.2) is 0 Å². The maximum Gasteiger partial charge on any atom is 0.269 e. The molecule has 5 rings (SSSR count). The van der Waals surface area contributed by atoms with Gasteiger partial charge in [0.2, 0.25) is 0 Å². The summed E-state index contributed by atoms with van der Waals surface area (Å²) in [7, 11) is 0. The summed E-state index contributed by atoms with van der Waals surface area (Å²) in [6, 6.07) is 15.8. The highest BCUT2D eigenvalue weighted by atomic mass is 32.1. The average molecular weight is 430 g/mol. The first-order valence-electron chi connectivity index (χ1n) is 10.2. The number of benzene rings is 2. The van der Waals surface area contributed by atoms with E-state index in [2.05, 4.69) is 0 Å². The largest absolute Gasteiger partial charge is 0.269 e. The van der Waals surface area contributed by atoms with Gasteiger partial charge in [0.25, 0.3) is 11.2 Å². The molecule has 0 radical (unpaired) electrons. The lowest BCUT2D eigenvalue weighted by Gasteiger charge is -2.12. The van der Waals surface area contributed by atoms with Crippen LogP contribution in [0.4, 0.5) is 5.69 Å². The second-order valence-electron chi connectivity index (χ2n) is 7.52. The molecule has 1 aliphatic carbocycles. The van der Waals surface area contributed by atoms with Gasteiger partial charge in [0.1, 0.15) is 10.7 Å². The van der Waals surface area contributed by atoms with Crippen molar-refractivity contribution >= 4 is 39.4 Å². The van der Waals surface area contributed by atoms with E-state index in [-0.39, 0.29) is 11.2 Å². The molecule has 31 heavy (non-hydrogen) atoms. The Labute approximate surface area is 182 Å². The van der Waals surface area contributed by atoms with Crippen molar-refractivity contribution in [1.82, 2.24) is 9.55 Å². The number of para-hydroxylation sites is 1. The quantitative estimate of drug-likeness (QED) is 0.321. The van der Waals surface area contributed by atoms with Crippen molar-refractivity contribution in [1.29, 1.82) is 0 Å². The van der Waals surface area contributed by atoms with Crippen LogP contribution in [0.15, 0.2) is 59.4 Å². The average Bonchev–Trinajstić information content (AvgIpc) is 3.17. The summed E-state index contributed by atoms with van der Waals surface area (Å²) >= 11 is 1.63. The van der Waals surface area contributed by atoms with E-state index in [0.717, 1.165) is 47.2 Å². The number of nitro benzene ring substituents is 1. The van der Waals surface area contributed by atoms with Gasteiger partial charge in [-0.15, -0.1) is 11.3 Å². The molecule has 4 aromatic rings. The molecule has 0 saturated carbocycles. The predicted molar refractivity (Wildman–Crippen MR) is 124 cm³/mol. The third kappa shape index (κ3) is 3.57. The number of fused-ring (bicyclic) bond motifs is 3. The predicted octanol–water partition coefficient (Wildman–Crippen LogP) is 5.40. The van der Waals surface area contributed by atoms with E-state index < -0.39 is 4.92 Å². The Hall–Kier alpha value is -3.58. The van der Waals surface area contributed by atoms with Gasteiger partial charge in [-0.05, 0) is 67.2 Å². The molecule has 154 valence electrons. The summed E-state index contributed by atoms with van der Waals surface area (Å²) < 4.78 is 1.66. The Kier molecular flexibility index (Phi) is 4.95.